The Morgan fingerprint density at radius 1 is 1.06 bits per heavy atom. The van der Waals surface area contributed by atoms with E-state index in [0.717, 1.165) is 29.8 Å². The lowest BCUT2D eigenvalue weighted by atomic mass is 9.87. The van der Waals surface area contributed by atoms with E-state index in [1.807, 2.05) is 42.5 Å². The quantitative estimate of drug-likeness (QED) is 0.343. The van der Waals surface area contributed by atoms with Crippen molar-refractivity contribution in [3.63, 3.8) is 0 Å². The number of fused-ring (bicyclic) bond motifs is 1. The van der Waals surface area contributed by atoms with Gasteiger partial charge >= 0.3 is 0 Å². The summed E-state index contributed by atoms with van der Waals surface area (Å²) in [6.07, 6.45) is 4.83. The van der Waals surface area contributed by atoms with Gasteiger partial charge in [-0.1, -0.05) is 30.7 Å². The smallest absolute Gasteiger partial charge is 0.134 e. The zero-order valence-corrected chi connectivity index (χ0v) is 20.2. The van der Waals surface area contributed by atoms with Crippen molar-refractivity contribution < 1.29 is 9.13 Å². The fraction of sp³-hybridized carbons (Fsp3) is 0.250. The third kappa shape index (κ3) is 5.12. The fourth-order valence-electron chi connectivity index (χ4n) is 4.26. The molecule has 0 amide bonds. The van der Waals surface area contributed by atoms with Gasteiger partial charge in [-0.15, -0.1) is 0 Å². The number of aliphatic imine (C=N–C) groups is 1. The van der Waals surface area contributed by atoms with Crippen LogP contribution < -0.4 is 9.64 Å². The van der Waals surface area contributed by atoms with Gasteiger partial charge in [0.05, 0.1) is 11.2 Å². The van der Waals surface area contributed by atoms with Gasteiger partial charge in [-0.05, 0) is 87.4 Å². The minimum atomic E-state index is -0.273. The van der Waals surface area contributed by atoms with E-state index in [9.17, 15) is 0 Å². The lowest BCUT2D eigenvalue weighted by Gasteiger charge is -2.43. The molecule has 3 aromatic rings. The Morgan fingerprint density at radius 3 is 2.52 bits per heavy atom. The number of ether oxygens (including phenoxy) is 1. The van der Waals surface area contributed by atoms with Crippen LogP contribution in [0.2, 0.25) is 5.02 Å². The third-order valence-electron chi connectivity index (χ3n) is 5.76. The van der Waals surface area contributed by atoms with Crippen molar-refractivity contribution in [1.82, 2.24) is 0 Å². The van der Waals surface area contributed by atoms with Gasteiger partial charge in [-0.2, -0.15) is 0 Å². The second kappa shape index (κ2) is 9.40. The van der Waals surface area contributed by atoms with Crippen LogP contribution in [0, 0.1) is 5.82 Å². The van der Waals surface area contributed by atoms with Gasteiger partial charge in [0.1, 0.15) is 17.3 Å². The van der Waals surface area contributed by atoms with Crippen molar-refractivity contribution in [3.8, 4) is 11.5 Å². The van der Waals surface area contributed by atoms with Gasteiger partial charge < -0.3 is 9.64 Å². The minimum absolute atomic E-state index is 0.149. The van der Waals surface area contributed by atoms with Crippen LogP contribution in [0.1, 0.15) is 45.2 Å². The molecule has 5 heteroatoms. The van der Waals surface area contributed by atoms with Gasteiger partial charge in [0.25, 0.3) is 0 Å². The summed E-state index contributed by atoms with van der Waals surface area (Å²) in [6.45, 7) is 9.44. The van der Waals surface area contributed by atoms with Crippen LogP contribution in [0.4, 0.5) is 15.8 Å². The highest BCUT2D eigenvalue weighted by molar-refractivity contribution is 6.30. The summed E-state index contributed by atoms with van der Waals surface area (Å²) in [7, 11) is 0. The topological polar surface area (TPSA) is 24.8 Å². The van der Waals surface area contributed by atoms with Crippen molar-refractivity contribution in [2.75, 3.05) is 11.4 Å². The second-order valence-electron chi connectivity index (χ2n) is 8.84. The Kier molecular flexibility index (Phi) is 6.57. The Hall–Kier alpha value is -3.11. The molecule has 0 bridgehead atoms. The molecule has 0 fully saturated rings. The van der Waals surface area contributed by atoms with Gasteiger partial charge in [-0.25, -0.2) is 4.39 Å². The molecule has 0 spiro atoms. The van der Waals surface area contributed by atoms with E-state index >= 15 is 4.39 Å². The summed E-state index contributed by atoms with van der Waals surface area (Å²) in [5.74, 6) is 1.07. The monoisotopic (exact) mass is 462 g/mol. The summed E-state index contributed by atoms with van der Waals surface area (Å²) < 4.78 is 20.9. The normalized spacial score (nSPS) is 14.8. The van der Waals surface area contributed by atoms with Crippen LogP contribution in [0.3, 0.4) is 0 Å². The molecule has 1 aliphatic heterocycles. The van der Waals surface area contributed by atoms with Crippen molar-refractivity contribution in [3.05, 3.63) is 88.7 Å². The molecular weight excluding hydrogens is 435 g/mol. The van der Waals surface area contributed by atoms with Crippen LogP contribution in [0.25, 0.3) is 5.57 Å². The SMILES string of the molecule is CCCN1c2cc(F)c(C=Nc3ccc(Oc4cccc(Cl)c4)cc3)cc2C(C)=CC1(C)C. The van der Waals surface area contributed by atoms with Crippen molar-refractivity contribution >= 4 is 34.8 Å². The molecule has 0 saturated heterocycles. The van der Waals surface area contributed by atoms with E-state index in [0.29, 0.717) is 27.8 Å². The molecule has 0 N–H and O–H groups in total. The molecule has 0 unspecified atom stereocenters. The highest BCUT2D eigenvalue weighted by Gasteiger charge is 2.31. The first-order valence-electron chi connectivity index (χ1n) is 11.2. The Balaban J connectivity index is 1.56. The van der Waals surface area contributed by atoms with Crippen molar-refractivity contribution in [1.29, 1.82) is 0 Å². The van der Waals surface area contributed by atoms with Gasteiger partial charge in [0.2, 0.25) is 0 Å². The molecule has 1 heterocycles. The molecule has 0 aromatic heterocycles. The predicted molar refractivity (Wildman–Crippen MR) is 137 cm³/mol. The van der Waals surface area contributed by atoms with Crippen LogP contribution >= 0.6 is 11.6 Å². The molecule has 170 valence electrons. The first-order valence-corrected chi connectivity index (χ1v) is 11.5. The highest BCUT2D eigenvalue weighted by atomic mass is 35.5. The first kappa shape index (κ1) is 23.1. The molecule has 3 aromatic carbocycles. The third-order valence-corrected chi connectivity index (χ3v) is 6.00. The van der Waals surface area contributed by atoms with E-state index in [1.54, 1.807) is 24.4 Å². The number of halogens is 2. The summed E-state index contributed by atoms with van der Waals surface area (Å²) in [5, 5.41) is 0.618. The summed E-state index contributed by atoms with van der Waals surface area (Å²) in [4.78, 5) is 6.76. The number of benzene rings is 3. The largest absolute Gasteiger partial charge is 0.457 e. The van der Waals surface area contributed by atoms with Gasteiger partial charge in [-0.3, -0.25) is 4.99 Å². The molecule has 1 aliphatic rings. The van der Waals surface area contributed by atoms with Crippen LogP contribution in [-0.4, -0.2) is 18.3 Å². The standard InChI is InChI=1S/C28H28ClFN2O/c1-5-13-32-27-16-26(30)20(14-25(27)19(2)17-28(32,3)4)18-31-22-9-11-23(12-10-22)33-24-8-6-7-21(29)15-24/h6-12,14-18H,5,13H2,1-4H3. The number of hydrogen-bond acceptors (Lipinski definition) is 3. The van der Waals surface area contributed by atoms with E-state index in [4.69, 9.17) is 16.3 Å². The van der Waals surface area contributed by atoms with E-state index in [-0.39, 0.29) is 11.4 Å². The molecule has 3 nitrogen and oxygen atoms in total. The summed E-state index contributed by atoms with van der Waals surface area (Å²) >= 11 is 6.00. The molecule has 0 radical (unpaired) electrons. The Morgan fingerprint density at radius 2 is 1.82 bits per heavy atom. The maximum Gasteiger partial charge on any atom is 0.134 e. The van der Waals surface area contributed by atoms with Crippen LogP contribution in [-0.2, 0) is 0 Å². The molecule has 33 heavy (non-hydrogen) atoms. The highest BCUT2D eigenvalue weighted by Crippen LogP contribution is 2.40. The predicted octanol–water partition coefficient (Wildman–Crippen LogP) is 8.43. The zero-order chi connectivity index (χ0) is 23.6. The Labute approximate surface area is 200 Å². The molecule has 0 saturated carbocycles. The first-order chi connectivity index (χ1) is 15.8. The maximum atomic E-state index is 15.0. The number of rotatable bonds is 6. The molecule has 4 rings (SSSR count). The van der Waals surface area contributed by atoms with Crippen LogP contribution in [0.5, 0.6) is 11.5 Å². The van der Waals surface area contributed by atoms with E-state index < -0.39 is 0 Å². The van der Waals surface area contributed by atoms with E-state index in [2.05, 4.69) is 43.7 Å². The Bertz CT molecular complexity index is 1220. The van der Waals surface area contributed by atoms with Crippen molar-refractivity contribution in [2.24, 2.45) is 4.99 Å². The van der Waals surface area contributed by atoms with Gasteiger partial charge in [0.15, 0.2) is 0 Å². The number of allylic oxidation sites excluding steroid dienone is 1. The number of hydrogen-bond donors (Lipinski definition) is 0. The maximum absolute atomic E-state index is 15.0. The minimum Gasteiger partial charge on any atom is -0.457 e. The molecule has 0 aliphatic carbocycles. The number of nitrogens with zero attached hydrogens (tertiary/aromatic N) is 2. The molecular formula is C28H28ClFN2O. The average Bonchev–Trinajstić information content (AvgIpc) is 2.76. The summed E-state index contributed by atoms with van der Waals surface area (Å²) in [5.41, 5.74) is 4.18. The van der Waals surface area contributed by atoms with E-state index in [1.165, 1.54) is 0 Å². The van der Waals surface area contributed by atoms with Crippen molar-refractivity contribution in [2.45, 2.75) is 39.7 Å². The lowest BCUT2D eigenvalue weighted by molar-refractivity contribution is 0.483. The second-order valence-corrected chi connectivity index (χ2v) is 9.27. The summed E-state index contributed by atoms with van der Waals surface area (Å²) in [6, 6.07) is 18.1. The fourth-order valence-corrected chi connectivity index (χ4v) is 4.44. The zero-order valence-electron chi connectivity index (χ0n) is 19.4. The molecule has 0 atom stereocenters. The average molecular weight is 463 g/mol. The lowest BCUT2D eigenvalue weighted by Crippen LogP contribution is -2.45. The van der Waals surface area contributed by atoms with Gasteiger partial charge in [0, 0.05) is 34.6 Å². The van der Waals surface area contributed by atoms with Crippen LogP contribution in [0.15, 0.2) is 71.7 Å². The number of anilines is 1.